The molecule has 2 heterocycles. The van der Waals surface area contributed by atoms with Crippen LogP contribution in [0.4, 0.5) is 0 Å². The summed E-state index contributed by atoms with van der Waals surface area (Å²) in [5.41, 5.74) is 4.21. The summed E-state index contributed by atoms with van der Waals surface area (Å²) in [7, 11) is 0. The quantitative estimate of drug-likeness (QED) is 0.320. The van der Waals surface area contributed by atoms with Crippen molar-refractivity contribution in [1.29, 1.82) is 0 Å². The number of benzene rings is 2. The molecule has 0 bridgehead atoms. The van der Waals surface area contributed by atoms with Crippen molar-refractivity contribution < 1.29 is 4.79 Å². The van der Waals surface area contributed by atoms with Crippen LogP contribution >= 0.6 is 0 Å². The fourth-order valence-corrected chi connectivity index (χ4v) is 4.85. The Bertz CT molecular complexity index is 1260. The Labute approximate surface area is 205 Å². The van der Waals surface area contributed by atoms with Crippen molar-refractivity contribution in [2.45, 2.75) is 70.8 Å². The second kappa shape index (κ2) is 10.7. The molecule has 0 atom stereocenters. The minimum atomic E-state index is 0.0519. The average Bonchev–Trinajstić information content (AvgIpc) is 3.59. The van der Waals surface area contributed by atoms with Gasteiger partial charge in [0.1, 0.15) is 5.82 Å². The number of aromatic nitrogens is 7. The maximum atomic E-state index is 12.7. The zero-order valence-corrected chi connectivity index (χ0v) is 20.2. The first-order valence-corrected chi connectivity index (χ1v) is 12.6. The monoisotopic (exact) mass is 469 g/mol. The van der Waals surface area contributed by atoms with Crippen molar-refractivity contribution in [3.8, 4) is 22.5 Å². The highest BCUT2D eigenvalue weighted by Crippen LogP contribution is 2.31. The molecule has 2 aromatic heterocycles. The summed E-state index contributed by atoms with van der Waals surface area (Å²) in [6.45, 7) is 2.09. The SMILES string of the molecule is CCCCC(=O)c1nc(Cc2ccc(-c3ccccc3-c3nn[nH]n3)cc2)n(C2CCCCC2)n1. The molecule has 5 rings (SSSR count). The molecule has 8 heteroatoms. The zero-order valence-electron chi connectivity index (χ0n) is 20.2. The van der Waals surface area contributed by atoms with Gasteiger partial charge in [0.05, 0.1) is 6.04 Å². The van der Waals surface area contributed by atoms with Crippen LogP contribution in [0, 0.1) is 0 Å². The Morgan fingerprint density at radius 2 is 1.80 bits per heavy atom. The number of hydrogen-bond acceptors (Lipinski definition) is 6. The lowest BCUT2D eigenvalue weighted by atomic mass is 9.95. The van der Waals surface area contributed by atoms with Crippen molar-refractivity contribution in [2.75, 3.05) is 0 Å². The fraction of sp³-hybridized carbons (Fsp3) is 0.407. The standard InChI is InChI=1S/C27H31N7O/c1-2-3-13-24(35)27-28-25(34(31-27)21-9-5-4-6-10-21)18-19-14-16-20(17-15-19)22-11-7-8-12-23(22)26-29-32-33-30-26/h7-8,11-12,14-17,21H,2-6,9-10,13,18H2,1H3,(H,29,30,32,33). The van der Waals surface area contributed by atoms with Crippen LogP contribution in [0.2, 0.25) is 0 Å². The van der Waals surface area contributed by atoms with Crippen LogP contribution in [-0.4, -0.2) is 41.2 Å². The third-order valence-electron chi connectivity index (χ3n) is 6.77. The molecular formula is C27H31N7O. The first kappa shape index (κ1) is 23.1. The van der Waals surface area contributed by atoms with Crippen LogP contribution in [0.5, 0.6) is 0 Å². The molecule has 35 heavy (non-hydrogen) atoms. The number of tetrazole rings is 1. The zero-order chi connectivity index (χ0) is 24.0. The number of hydrogen-bond donors (Lipinski definition) is 1. The van der Waals surface area contributed by atoms with E-state index in [0.29, 0.717) is 30.5 Å². The summed E-state index contributed by atoms with van der Waals surface area (Å²) < 4.78 is 2.05. The van der Waals surface area contributed by atoms with Crippen molar-refractivity contribution in [1.82, 2.24) is 35.4 Å². The first-order valence-electron chi connectivity index (χ1n) is 12.6. The normalized spacial score (nSPS) is 14.3. The molecule has 1 saturated carbocycles. The van der Waals surface area contributed by atoms with Crippen molar-refractivity contribution in [3.05, 3.63) is 65.7 Å². The van der Waals surface area contributed by atoms with Crippen LogP contribution in [0.1, 0.15) is 86.3 Å². The summed E-state index contributed by atoms with van der Waals surface area (Å²) >= 11 is 0. The van der Waals surface area contributed by atoms with Gasteiger partial charge in [-0.1, -0.05) is 81.1 Å². The number of carbonyl (C=O) groups is 1. The Balaban J connectivity index is 1.40. The minimum absolute atomic E-state index is 0.0519. The third-order valence-corrected chi connectivity index (χ3v) is 6.77. The lowest BCUT2D eigenvalue weighted by Gasteiger charge is -2.23. The molecule has 0 aliphatic heterocycles. The van der Waals surface area contributed by atoms with Crippen molar-refractivity contribution in [3.63, 3.8) is 0 Å². The number of unbranched alkanes of at least 4 members (excludes halogenated alkanes) is 1. The second-order valence-electron chi connectivity index (χ2n) is 9.27. The van der Waals surface area contributed by atoms with E-state index in [1.807, 2.05) is 18.2 Å². The molecule has 1 aliphatic carbocycles. The molecule has 4 aromatic rings. The van der Waals surface area contributed by atoms with E-state index in [1.54, 1.807) is 0 Å². The van der Waals surface area contributed by atoms with Crippen LogP contribution in [0.15, 0.2) is 48.5 Å². The van der Waals surface area contributed by atoms with Gasteiger partial charge >= 0.3 is 0 Å². The largest absolute Gasteiger partial charge is 0.291 e. The highest BCUT2D eigenvalue weighted by Gasteiger charge is 2.23. The molecule has 1 N–H and O–H groups in total. The molecule has 0 saturated heterocycles. The molecule has 1 aliphatic rings. The number of nitrogens with zero attached hydrogens (tertiary/aromatic N) is 6. The van der Waals surface area contributed by atoms with E-state index in [2.05, 4.69) is 62.6 Å². The first-order chi connectivity index (χ1) is 17.2. The summed E-state index contributed by atoms with van der Waals surface area (Å²) in [5.74, 6) is 1.89. The van der Waals surface area contributed by atoms with E-state index in [-0.39, 0.29) is 5.78 Å². The molecule has 1 fully saturated rings. The van der Waals surface area contributed by atoms with Crippen molar-refractivity contribution >= 4 is 5.78 Å². The van der Waals surface area contributed by atoms with Gasteiger partial charge in [-0.05, 0) is 41.2 Å². The summed E-state index contributed by atoms with van der Waals surface area (Å²) in [6.07, 6.45) is 8.92. The highest BCUT2D eigenvalue weighted by molar-refractivity contribution is 5.92. The predicted molar refractivity (Wildman–Crippen MR) is 134 cm³/mol. The molecule has 0 amide bonds. The maximum Gasteiger partial charge on any atom is 0.217 e. The lowest BCUT2D eigenvalue weighted by Crippen LogP contribution is -2.17. The van der Waals surface area contributed by atoms with Gasteiger partial charge in [0.2, 0.25) is 17.4 Å². The van der Waals surface area contributed by atoms with Gasteiger partial charge in [0.15, 0.2) is 0 Å². The number of H-pyrrole nitrogens is 1. The number of rotatable bonds is 9. The molecular weight excluding hydrogens is 438 g/mol. The number of ketones is 1. The topological polar surface area (TPSA) is 102 Å². The molecule has 0 radical (unpaired) electrons. The molecule has 180 valence electrons. The Morgan fingerprint density at radius 1 is 1.03 bits per heavy atom. The van der Waals surface area contributed by atoms with Crippen LogP contribution in [0.3, 0.4) is 0 Å². The predicted octanol–water partition coefficient (Wildman–Crippen LogP) is 5.59. The van der Waals surface area contributed by atoms with Gasteiger partial charge in [-0.15, -0.1) is 15.3 Å². The van der Waals surface area contributed by atoms with Crippen LogP contribution < -0.4 is 0 Å². The van der Waals surface area contributed by atoms with Crippen LogP contribution in [0.25, 0.3) is 22.5 Å². The number of carbonyl (C=O) groups excluding carboxylic acids is 1. The van der Waals surface area contributed by atoms with Crippen LogP contribution in [-0.2, 0) is 6.42 Å². The number of Topliss-reactive ketones (excluding diaryl/α,β-unsaturated/α-hetero) is 1. The van der Waals surface area contributed by atoms with E-state index in [0.717, 1.165) is 53.8 Å². The van der Waals surface area contributed by atoms with E-state index >= 15 is 0 Å². The van der Waals surface area contributed by atoms with Gasteiger partial charge in [-0.25, -0.2) is 9.67 Å². The number of aromatic amines is 1. The lowest BCUT2D eigenvalue weighted by molar-refractivity contribution is 0.0969. The summed E-state index contributed by atoms with van der Waals surface area (Å²) in [4.78, 5) is 17.4. The van der Waals surface area contributed by atoms with Gasteiger partial charge < -0.3 is 0 Å². The van der Waals surface area contributed by atoms with Crippen molar-refractivity contribution in [2.24, 2.45) is 0 Å². The molecule has 0 spiro atoms. The Kier molecular flexibility index (Phi) is 7.07. The minimum Gasteiger partial charge on any atom is -0.291 e. The summed E-state index contributed by atoms with van der Waals surface area (Å²) in [5, 5.41) is 19.2. The van der Waals surface area contributed by atoms with E-state index in [4.69, 9.17) is 10.1 Å². The average molecular weight is 470 g/mol. The molecule has 0 unspecified atom stereocenters. The van der Waals surface area contributed by atoms with E-state index in [1.165, 1.54) is 19.3 Å². The van der Waals surface area contributed by atoms with Gasteiger partial charge in [-0.3, -0.25) is 4.79 Å². The smallest absolute Gasteiger partial charge is 0.217 e. The number of nitrogens with one attached hydrogen (secondary N) is 1. The highest BCUT2D eigenvalue weighted by atomic mass is 16.1. The Hall–Kier alpha value is -3.68. The van der Waals surface area contributed by atoms with Gasteiger partial charge in [0, 0.05) is 18.4 Å². The van der Waals surface area contributed by atoms with E-state index in [9.17, 15) is 4.79 Å². The fourth-order valence-electron chi connectivity index (χ4n) is 4.85. The molecule has 2 aromatic carbocycles. The maximum absolute atomic E-state index is 12.7. The second-order valence-corrected chi connectivity index (χ2v) is 9.27. The van der Waals surface area contributed by atoms with Gasteiger partial charge in [-0.2, -0.15) is 5.21 Å². The molecule has 8 nitrogen and oxygen atoms in total. The third kappa shape index (κ3) is 5.21. The summed E-state index contributed by atoms with van der Waals surface area (Å²) in [6, 6.07) is 16.9. The Morgan fingerprint density at radius 3 is 2.51 bits per heavy atom. The van der Waals surface area contributed by atoms with Gasteiger partial charge in [0.25, 0.3) is 0 Å². The van der Waals surface area contributed by atoms with E-state index < -0.39 is 0 Å².